The summed E-state index contributed by atoms with van der Waals surface area (Å²) in [4.78, 5) is 39.1. The smallest absolute Gasteiger partial charge is 0.272 e. The van der Waals surface area contributed by atoms with Crippen LogP contribution in [0, 0.1) is 12.7 Å². The Labute approximate surface area is 240 Å². The summed E-state index contributed by atoms with van der Waals surface area (Å²) in [5.41, 5.74) is 3.24. The van der Waals surface area contributed by atoms with Gasteiger partial charge in [0.05, 0.1) is 10.8 Å². The molecule has 4 aromatic carbocycles. The molecule has 0 aliphatic carbocycles. The van der Waals surface area contributed by atoms with Crippen molar-refractivity contribution >= 4 is 58.5 Å². The quantitative estimate of drug-likeness (QED) is 0.150. The number of carbonyl (C=O) groups is 3. The number of hydrogen-bond acceptors (Lipinski definition) is 4. The van der Waals surface area contributed by atoms with Crippen molar-refractivity contribution in [3.8, 4) is 0 Å². The van der Waals surface area contributed by atoms with Gasteiger partial charge in [0.2, 0.25) is 5.91 Å². The molecule has 0 aromatic heterocycles. The Bertz CT molecular complexity index is 1560. The number of aryl methyl sites for hydroxylation is 1. The first-order valence-electron chi connectivity index (χ1n) is 12.2. The zero-order valence-corrected chi connectivity index (χ0v) is 23.0. The highest BCUT2D eigenvalue weighted by atomic mass is 35.5. The van der Waals surface area contributed by atoms with E-state index in [1.54, 1.807) is 54.6 Å². The Hall–Kier alpha value is -4.40. The standard InChI is InChI=1S/C31H25ClFN3O3S/c1-20-6-5-7-21(16-20)17-28(36-30(38)22-8-3-2-4-9-22)31(39)35-23-10-13-25(14-11-23)40-19-29(37)34-24-12-15-27(33)26(32)18-24/h2-18H,19H2,1H3,(H,34,37)(H,35,39)(H,36,38)/b28-17-. The van der Waals surface area contributed by atoms with E-state index in [4.69, 9.17) is 11.6 Å². The van der Waals surface area contributed by atoms with Gasteiger partial charge in [0.1, 0.15) is 11.5 Å². The van der Waals surface area contributed by atoms with Gasteiger partial charge in [0, 0.05) is 21.8 Å². The first kappa shape index (κ1) is 28.6. The lowest BCUT2D eigenvalue weighted by atomic mass is 10.1. The van der Waals surface area contributed by atoms with Crippen LogP contribution in [-0.4, -0.2) is 23.5 Å². The lowest BCUT2D eigenvalue weighted by molar-refractivity contribution is -0.114. The molecule has 202 valence electrons. The SMILES string of the molecule is Cc1cccc(/C=C(\NC(=O)c2ccccc2)C(=O)Nc2ccc(SCC(=O)Nc3ccc(F)c(Cl)c3)cc2)c1. The number of thioether (sulfide) groups is 1. The zero-order chi connectivity index (χ0) is 28.5. The van der Waals surface area contributed by atoms with Crippen LogP contribution >= 0.6 is 23.4 Å². The third kappa shape index (κ3) is 8.30. The van der Waals surface area contributed by atoms with Gasteiger partial charge in [-0.2, -0.15) is 0 Å². The number of hydrogen-bond donors (Lipinski definition) is 3. The minimum atomic E-state index is -0.558. The number of nitrogens with one attached hydrogen (secondary N) is 3. The molecule has 3 N–H and O–H groups in total. The summed E-state index contributed by atoms with van der Waals surface area (Å²) in [5, 5.41) is 8.14. The number of amides is 3. The lowest BCUT2D eigenvalue weighted by Crippen LogP contribution is -2.30. The highest BCUT2D eigenvalue weighted by Crippen LogP contribution is 2.23. The van der Waals surface area contributed by atoms with Crippen LogP contribution in [-0.2, 0) is 9.59 Å². The average molecular weight is 574 g/mol. The van der Waals surface area contributed by atoms with Crippen molar-refractivity contribution in [2.75, 3.05) is 16.4 Å². The molecule has 0 radical (unpaired) electrons. The van der Waals surface area contributed by atoms with E-state index in [1.807, 2.05) is 37.3 Å². The maximum absolute atomic E-state index is 13.3. The first-order chi connectivity index (χ1) is 19.3. The molecular formula is C31H25ClFN3O3S. The highest BCUT2D eigenvalue weighted by molar-refractivity contribution is 8.00. The van der Waals surface area contributed by atoms with Crippen molar-refractivity contribution in [1.29, 1.82) is 0 Å². The molecule has 0 saturated heterocycles. The number of benzene rings is 4. The molecule has 0 fully saturated rings. The third-order valence-electron chi connectivity index (χ3n) is 5.57. The fourth-order valence-corrected chi connectivity index (χ4v) is 4.50. The summed E-state index contributed by atoms with van der Waals surface area (Å²) in [7, 11) is 0. The number of halogens is 2. The maximum atomic E-state index is 13.3. The fraction of sp³-hybridized carbons (Fsp3) is 0.0645. The van der Waals surface area contributed by atoms with Crippen LogP contribution in [0.4, 0.5) is 15.8 Å². The second kappa shape index (κ2) is 13.6. The number of anilines is 2. The molecule has 9 heteroatoms. The van der Waals surface area contributed by atoms with Gasteiger partial charge in [-0.1, -0.05) is 59.6 Å². The molecule has 0 atom stereocenters. The third-order valence-corrected chi connectivity index (χ3v) is 6.87. The van der Waals surface area contributed by atoms with Gasteiger partial charge in [-0.15, -0.1) is 11.8 Å². The molecule has 4 rings (SSSR count). The molecular weight excluding hydrogens is 549 g/mol. The van der Waals surface area contributed by atoms with Gasteiger partial charge in [-0.25, -0.2) is 4.39 Å². The molecule has 0 bridgehead atoms. The Morgan fingerprint density at radius 1 is 0.850 bits per heavy atom. The van der Waals surface area contributed by atoms with Gasteiger partial charge in [0.25, 0.3) is 11.8 Å². The van der Waals surface area contributed by atoms with Crippen LogP contribution in [0.15, 0.2) is 108 Å². The van der Waals surface area contributed by atoms with E-state index in [-0.39, 0.29) is 22.4 Å². The maximum Gasteiger partial charge on any atom is 0.272 e. The van der Waals surface area contributed by atoms with E-state index in [1.165, 1.54) is 30.0 Å². The summed E-state index contributed by atoms with van der Waals surface area (Å²) in [5.74, 6) is -1.59. The minimum absolute atomic E-state index is 0.0698. The predicted octanol–water partition coefficient (Wildman–Crippen LogP) is 6.93. The largest absolute Gasteiger partial charge is 0.325 e. The fourth-order valence-electron chi connectivity index (χ4n) is 3.62. The van der Waals surface area contributed by atoms with Crippen LogP contribution in [0.1, 0.15) is 21.5 Å². The zero-order valence-electron chi connectivity index (χ0n) is 21.4. The first-order valence-corrected chi connectivity index (χ1v) is 13.6. The van der Waals surface area contributed by atoms with Crippen molar-refractivity contribution in [2.45, 2.75) is 11.8 Å². The minimum Gasteiger partial charge on any atom is -0.325 e. The molecule has 0 aliphatic heterocycles. The number of rotatable bonds is 9. The average Bonchev–Trinajstić information content (AvgIpc) is 2.95. The van der Waals surface area contributed by atoms with Gasteiger partial charge < -0.3 is 16.0 Å². The molecule has 0 spiro atoms. The second-order valence-corrected chi connectivity index (χ2v) is 10.2. The molecule has 0 unspecified atom stereocenters. The summed E-state index contributed by atoms with van der Waals surface area (Å²) < 4.78 is 13.3. The van der Waals surface area contributed by atoms with Crippen LogP contribution in [0.25, 0.3) is 6.08 Å². The van der Waals surface area contributed by atoms with Crippen molar-refractivity contribution in [3.05, 3.63) is 130 Å². The summed E-state index contributed by atoms with van der Waals surface area (Å²) in [6.45, 7) is 1.95. The number of carbonyl (C=O) groups excluding carboxylic acids is 3. The highest BCUT2D eigenvalue weighted by Gasteiger charge is 2.15. The van der Waals surface area contributed by atoms with Gasteiger partial charge in [0.15, 0.2) is 0 Å². The van der Waals surface area contributed by atoms with E-state index in [0.29, 0.717) is 16.9 Å². The molecule has 0 heterocycles. The van der Waals surface area contributed by atoms with E-state index in [0.717, 1.165) is 16.0 Å². The van der Waals surface area contributed by atoms with Gasteiger partial charge in [-0.05, 0) is 73.2 Å². The van der Waals surface area contributed by atoms with Crippen LogP contribution in [0.3, 0.4) is 0 Å². The lowest BCUT2D eigenvalue weighted by Gasteiger charge is -2.12. The van der Waals surface area contributed by atoms with Crippen LogP contribution in [0.2, 0.25) is 5.02 Å². The molecule has 4 aromatic rings. The van der Waals surface area contributed by atoms with E-state index < -0.39 is 17.6 Å². The Kier molecular flexibility index (Phi) is 9.72. The Morgan fingerprint density at radius 3 is 2.27 bits per heavy atom. The molecule has 40 heavy (non-hydrogen) atoms. The molecule has 0 aliphatic rings. The Morgan fingerprint density at radius 2 is 1.57 bits per heavy atom. The summed E-state index contributed by atoms with van der Waals surface area (Å²) in [6.07, 6.45) is 1.63. The Balaban J connectivity index is 1.40. The molecule has 3 amide bonds. The summed E-state index contributed by atoms with van der Waals surface area (Å²) >= 11 is 7.05. The van der Waals surface area contributed by atoms with E-state index >= 15 is 0 Å². The second-order valence-electron chi connectivity index (χ2n) is 8.74. The van der Waals surface area contributed by atoms with Crippen LogP contribution < -0.4 is 16.0 Å². The topological polar surface area (TPSA) is 87.3 Å². The van der Waals surface area contributed by atoms with Crippen molar-refractivity contribution in [1.82, 2.24) is 5.32 Å². The van der Waals surface area contributed by atoms with Gasteiger partial charge in [-0.3, -0.25) is 14.4 Å². The van der Waals surface area contributed by atoms with Crippen LogP contribution in [0.5, 0.6) is 0 Å². The molecule has 6 nitrogen and oxygen atoms in total. The van der Waals surface area contributed by atoms with Crippen molar-refractivity contribution < 1.29 is 18.8 Å². The monoisotopic (exact) mass is 573 g/mol. The van der Waals surface area contributed by atoms with Gasteiger partial charge >= 0.3 is 0 Å². The van der Waals surface area contributed by atoms with Crippen molar-refractivity contribution in [3.63, 3.8) is 0 Å². The normalized spacial score (nSPS) is 11.0. The summed E-state index contributed by atoms with van der Waals surface area (Å²) in [6, 6.07) is 27.2. The molecule has 0 saturated carbocycles. The van der Waals surface area contributed by atoms with E-state index in [9.17, 15) is 18.8 Å². The predicted molar refractivity (Wildman–Crippen MR) is 159 cm³/mol. The van der Waals surface area contributed by atoms with Crippen molar-refractivity contribution in [2.24, 2.45) is 0 Å². The van der Waals surface area contributed by atoms with E-state index in [2.05, 4.69) is 16.0 Å².